The molecule has 0 aliphatic heterocycles. The molecule has 0 bridgehead atoms. The molecule has 1 unspecified atom stereocenters. The molecule has 0 spiro atoms. The maximum absolute atomic E-state index is 12.1. The number of carbonyl (C=O) groups is 2. The Bertz CT molecular complexity index is 701. The van der Waals surface area contributed by atoms with Crippen LogP contribution in [0.1, 0.15) is 42.3 Å². The number of benzene rings is 2. The molecule has 0 radical (unpaired) electrons. The molecule has 2 aromatic carbocycles. The standard InChI is InChI=1S/C20H24N2O3/c1-15(17-8-4-3-5-9-17)25-13-7-12-21-20(24)18-10-6-11-19(14-18)22-16(2)23/h3-6,8-11,14-15H,7,12-13H2,1-2H3,(H,21,24)(H,22,23). The van der Waals surface area contributed by atoms with Crippen molar-refractivity contribution in [2.24, 2.45) is 0 Å². The highest BCUT2D eigenvalue weighted by atomic mass is 16.5. The van der Waals surface area contributed by atoms with Crippen LogP contribution in [0.2, 0.25) is 0 Å². The highest BCUT2D eigenvalue weighted by Gasteiger charge is 2.07. The third kappa shape index (κ3) is 6.39. The zero-order valence-corrected chi connectivity index (χ0v) is 14.6. The summed E-state index contributed by atoms with van der Waals surface area (Å²) in [5, 5.41) is 5.53. The fraction of sp³-hybridized carbons (Fsp3) is 0.300. The lowest BCUT2D eigenvalue weighted by atomic mass is 10.1. The van der Waals surface area contributed by atoms with E-state index in [0.29, 0.717) is 24.4 Å². The second-order valence-corrected chi connectivity index (χ2v) is 5.80. The Balaban J connectivity index is 1.71. The van der Waals surface area contributed by atoms with Gasteiger partial charge in [0.25, 0.3) is 5.91 Å². The summed E-state index contributed by atoms with van der Waals surface area (Å²) in [5.74, 6) is -0.328. The van der Waals surface area contributed by atoms with E-state index in [1.807, 2.05) is 37.3 Å². The lowest BCUT2D eigenvalue weighted by molar-refractivity contribution is -0.114. The van der Waals surface area contributed by atoms with E-state index in [-0.39, 0.29) is 17.9 Å². The molecule has 0 aromatic heterocycles. The number of carbonyl (C=O) groups excluding carboxylic acids is 2. The topological polar surface area (TPSA) is 67.4 Å². The summed E-state index contributed by atoms with van der Waals surface area (Å²) in [4.78, 5) is 23.2. The lowest BCUT2D eigenvalue weighted by Gasteiger charge is -2.13. The van der Waals surface area contributed by atoms with Crippen molar-refractivity contribution in [1.29, 1.82) is 0 Å². The van der Waals surface area contributed by atoms with Gasteiger partial charge >= 0.3 is 0 Å². The maximum atomic E-state index is 12.1. The Morgan fingerprint density at radius 3 is 2.56 bits per heavy atom. The molecule has 2 aromatic rings. The van der Waals surface area contributed by atoms with Crippen molar-refractivity contribution < 1.29 is 14.3 Å². The van der Waals surface area contributed by atoms with Crippen LogP contribution < -0.4 is 10.6 Å². The minimum atomic E-state index is -0.165. The number of rotatable bonds is 8. The van der Waals surface area contributed by atoms with E-state index in [1.54, 1.807) is 24.3 Å². The molecule has 1 atom stereocenters. The van der Waals surface area contributed by atoms with Crippen LogP contribution in [0.15, 0.2) is 54.6 Å². The van der Waals surface area contributed by atoms with Crippen molar-refractivity contribution in [3.05, 3.63) is 65.7 Å². The highest BCUT2D eigenvalue weighted by Crippen LogP contribution is 2.15. The van der Waals surface area contributed by atoms with Gasteiger partial charge in [-0.1, -0.05) is 36.4 Å². The van der Waals surface area contributed by atoms with Crippen LogP contribution in [-0.2, 0) is 9.53 Å². The number of hydrogen-bond acceptors (Lipinski definition) is 3. The smallest absolute Gasteiger partial charge is 0.251 e. The Hall–Kier alpha value is -2.66. The first kappa shape index (κ1) is 18.7. The van der Waals surface area contributed by atoms with Crippen molar-refractivity contribution >= 4 is 17.5 Å². The zero-order valence-electron chi connectivity index (χ0n) is 14.6. The van der Waals surface area contributed by atoms with Gasteiger partial charge < -0.3 is 15.4 Å². The fourth-order valence-electron chi connectivity index (χ4n) is 2.40. The third-order valence-corrected chi connectivity index (χ3v) is 3.69. The zero-order chi connectivity index (χ0) is 18.1. The average molecular weight is 340 g/mol. The second-order valence-electron chi connectivity index (χ2n) is 5.80. The number of hydrogen-bond donors (Lipinski definition) is 2. The van der Waals surface area contributed by atoms with Gasteiger partial charge in [-0.25, -0.2) is 0 Å². The van der Waals surface area contributed by atoms with E-state index in [1.165, 1.54) is 6.92 Å². The first-order valence-electron chi connectivity index (χ1n) is 8.38. The van der Waals surface area contributed by atoms with Gasteiger partial charge in [0.05, 0.1) is 6.10 Å². The van der Waals surface area contributed by atoms with E-state index in [0.717, 1.165) is 12.0 Å². The molecular weight excluding hydrogens is 316 g/mol. The molecule has 2 rings (SSSR count). The van der Waals surface area contributed by atoms with Gasteiger partial charge in [0.15, 0.2) is 0 Å². The van der Waals surface area contributed by atoms with Gasteiger partial charge in [0.2, 0.25) is 5.91 Å². The Morgan fingerprint density at radius 1 is 1.08 bits per heavy atom. The normalized spacial score (nSPS) is 11.6. The lowest BCUT2D eigenvalue weighted by Crippen LogP contribution is -2.25. The third-order valence-electron chi connectivity index (χ3n) is 3.69. The van der Waals surface area contributed by atoms with Crippen LogP contribution in [0.3, 0.4) is 0 Å². The largest absolute Gasteiger partial charge is 0.374 e. The molecular formula is C20H24N2O3. The molecule has 0 saturated heterocycles. The van der Waals surface area contributed by atoms with Gasteiger partial charge in [0.1, 0.15) is 0 Å². The molecule has 0 fully saturated rings. The SMILES string of the molecule is CC(=O)Nc1cccc(C(=O)NCCCOC(C)c2ccccc2)c1. The van der Waals surface area contributed by atoms with Crippen LogP contribution in [0.25, 0.3) is 0 Å². The molecule has 2 N–H and O–H groups in total. The Labute approximate surface area is 148 Å². The van der Waals surface area contributed by atoms with E-state index in [4.69, 9.17) is 4.74 Å². The predicted octanol–water partition coefficient (Wildman–Crippen LogP) is 3.54. The minimum Gasteiger partial charge on any atom is -0.374 e. The molecule has 0 aliphatic rings. The van der Waals surface area contributed by atoms with Crippen LogP contribution >= 0.6 is 0 Å². The van der Waals surface area contributed by atoms with Crippen LogP contribution in [0.4, 0.5) is 5.69 Å². The molecule has 25 heavy (non-hydrogen) atoms. The van der Waals surface area contributed by atoms with Gasteiger partial charge in [-0.3, -0.25) is 9.59 Å². The summed E-state index contributed by atoms with van der Waals surface area (Å²) in [5.41, 5.74) is 2.27. The van der Waals surface area contributed by atoms with E-state index in [2.05, 4.69) is 10.6 Å². The van der Waals surface area contributed by atoms with Gasteiger partial charge in [-0.05, 0) is 37.1 Å². The van der Waals surface area contributed by atoms with Crippen molar-refractivity contribution in [2.45, 2.75) is 26.4 Å². The summed E-state index contributed by atoms with van der Waals surface area (Å²) in [7, 11) is 0. The van der Waals surface area contributed by atoms with Crippen LogP contribution in [0, 0.1) is 0 Å². The first-order valence-corrected chi connectivity index (χ1v) is 8.38. The highest BCUT2D eigenvalue weighted by molar-refractivity contribution is 5.96. The van der Waals surface area contributed by atoms with E-state index >= 15 is 0 Å². The minimum absolute atomic E-state index is 0.0336. The summed E-state index contributed by atoms with van der Waals surface area (Å²) in [6, 6.07) is 16.9. The summed E-state index contributed by atoms with van der Waals surface area (Å²) < 4.78 is 5.78. The Morgan fingerprint density at radius 2 is 1.84 bits per heavy atom. The van der Waals surface area contributed by atoms with Crippen molar-refractivity contribution in [2.75, 3.05) is 18.5 Å². The van der Waals surface area contributed by atoms with Crippen LogP contribution in [-0.4, -0.2) is 25.0 Å². The quantitative estimate of drug-likeness (QED) is 0.722. The monoisotopic (exact) mass is 340 g/mol. The molecule has 0 aliphatic carbocycles. The van der Waals surface area contributed by atoms with Crippen LogP contribution in [0.5, 0.6) is 0 Å². The number of amides is 2. The molecule has 5 nitrogen and oxygen atoms in total. The number of nitrogens with one attached hydrogen (secondary N) is 2. The maximum Gasteiger partial charge on any atom is 0.251 e. The fourth-order valence-corrected chi connectivity index (χ4v) is 2.40. The molecule has 2 amide bonds. The van der Waals surface area contributed by atoms with E-state index < -0.39 is 0 Å². The van der Waals surface area contributed by atoms with Crippen molar-refractivity contribution in [1.82, 2.24) is 5.32 Å². The van der Waals surface area contributed by atoms with Crippen molar-refractivity contribution in [3.8, 4) is 0 Å². The van der Waals surface area contributed by atoms with E-state index in [9.17, 15) is 9.59 Å². The molecule has 5 heteroatoms. The summed E-state index contributed by atoms with van der Waals surface area (Å²) in [6.07, 6.45) is 0.764. The summed E-state index contributed by atoms with van der Waals surface area (Å²) >= 11 is 0. The second kappa shape index (κ2) is 9.59. The van der Waals surface area contributed by atoms with Gasteiger partial charge in [-0.15, -0.1) is 0 Å². The Kier molecular flexibility index (Phi) is 7.16. The number of ether oxygens (including phenoxy) is 1. The van der Waals surface area contributed by atoms with Gasteiger partial charge in [-0.2, -0.15) is 0 Å². The summed E-state index contributed by atoms with van der Waals surface area (Å²) in [6.45, 7) is 4.55. The number of anilines is 1. The predicted molar refractivity (Wildman–Crippen MR) is 98.5 cm³/mol. The molecule has 132 valence electrons. The first-order chi connectivity index (χ1) is 12.1. The molecule has 0 heterocycles. The van der Waals surface area contributed by atoms with Gasteiger partial charge in [0, 0.05) is 31.3 Å². The average Bonchev–Trinajstić information content (AvgIpc) is 2.61. The molecule has 0 saturated carbocycles. The van der Waals surface area contributed by atoms with Crippen molar-refractivity contribution in [3.63, 3.8) is 0 Å².